The lowest BCUT2D eigenvalue weighted by atomic mass is 10.2. The Bertz CT molecular complexity index is 606. The van der Waals surface area contributed by atoms with Gasteiger partial charge in [-0.15, -0.1) is 0 Å². The minimum atomic E-state index is -1.03. The van der Waals surface area contributed by atoms with Gasteiger partial charge >= 0.3 is 5.97 Å². The monoisotopic (exact) mass is 385 g/mol. The summed E-state index contributed by atoms with van der Waals surface area (Å²) in [5, 5.41) is 9.29. The van der Waals surface area contributed by atoms with Gasteiger partial charge in [0.25, 0.3) is 5.91 Å². The van der Waals surface area contributed by atoms with Gasteiger partial charge in [0.2, 0.25) is 0 Å². The van der Waals surface area contributed by atoms with Crippen molar-refractivity contribution in [2.24, 2.45) is 0 Å². The highest BCUT2D eigenvalue weighted by Crippen LogP contribution is 2.28. The summed E-state index contributed by atoms with van der Waals surface area (Å²) < 4.78 is 11.6. The largest absolute Gasteiger partial charge is 0.480 e. The fourth-order valence-corrected chi connectivity index (χ4v) is 3.21. The number of methoxy groups -OCH3 is 1. The Morgan fingerprint density at radius 3 is 2.70 bits per heavy atom. The third-order valence-corrected chi connectivity index (χ3v) is 4.52. The topological polar surface area (TPSA) is 76.1 Å². The van der Waals surface area contributed by atoms with Crippen LogP contribution in [0.4, 0.5) is 0 Å². The number of aliphatic carboxylic acids is 1. The molecule has 1 aliphatic heterocycles. The summed E-state index contributed by atoms with van der Waals surface area (Å²) in [5.74, 6) is -0.836. The van der Waals surface area contributed by atoms with Gasteiger partial charge in [-0.3, -0.25) is 4.79 Å². The number of carbonyl (C=O) groups is 2. The van der Waals surface area contributed by atoms with Gasteiger partial charge in [-0.2, -0.15) is 0 Å². The summed E-state index contributed by atoms with van der Waals surface area (Å²) in [6.45, 7) is 3.83. The first-order valence-electron chi connectivity index (χ1n) is 7.32. The molecule has 0 aliphatic carbocycles. The number of carbonyl (C=O) groups excluding carboxylic acids is 1. The molecular formula is C16H20BrNO5. The van der Waals surface area contributed by atoms with Gasteiger partial charge in [-0.25, -0.2) is 4.79 Å². The lowest BCUT2D eigenvalue weighted by molar-refractivity contribution is -0.150. The fourth-order valence-electron chi connectivity index (χ4n) is 2.62. The minimum absolute atomic E-state index is 0.259. The molecule has 0 bridgehead atoms. The normalized spacial score (nSPS) is 22.0. The van der Waals surface area contributed by atoms with E-state index in [4.69, 9.17) is 9.47 Å². The maximum absolute atomic E-state index is 12.6. The van der Waals surface area contributed by atoms with Crippen molar-refractivity contribution in [3.8, 4) is 5.75 Å². The Kier molecular flexibility index (Phi) is 5.64. The highest BCUT2D eigenvalue weighted by atomic mass is 79.9. The molecule has 6 nitrogen and oxygen atoms in total. The molecule has 3 unspecified atom stereocenters. The number of hydrogen-bond donors (Lipinski definition) is 1. The molecular weight excluding hydrogens is 366 g/mol. The molecule has 126 valence electrons. The summed E-state index contributed by atoms with van der Waals surface area (Å²) in [7, 11) is 1.51. The van der Waals surface area contributed by atoms with Crippen LogP contribution in [0.5, 0.6) is 5.75 Å². The van der Waals surface area contributed by atoms with Crippen molar-refractivity contribution < 1.29 is 24.2 Å². The fraction of sp³-hybridized carbons (Fsp3) is 0.500. The molecule has 1 N–H and O–H groups in total. The van der Waals surface area contributed by atoms with E-state index in [1.54, 1.807) is 13.0 Å². The van der Waals surface area contributed by atoms with Crippen LogP contribution in [-0.4, -0.2) is 53.8 Å². The lowest BCUT2D eigenvalue weighted by Crippen LogP contribution is -2.46. The van der Waals surface area contributed by atoms with Crippen LogP contribution in [0.25, 0.3) is 0 Å². The van der Waals surface area contributed by atoms with Gasteiger partial charge < -0.3 is 19.5 Å². The van der Waals surface area contributed by atoms with Gasteiger partial charge in [0.15, 0.2) is 6.10 Å². The van der Waals surface area contributed by atoms with Crippen LogP contribution in [0.15, 0.2) is 22.7 Å². The number of halogens is 1. The van der Waals surface area contributed by atoms with Crippen LogP contribution in [0.3, 0.4) is 0 Å². The standard InChI is InChI=1S/C16H20BrNO5/c1-9-4-5-14(12(17)6-9)23-10(2)15(19)18-8-11(22-3)7-13(18)16(20)21/h4-6,10-11,13H,7-8H2,1-3H3,(H,20,21). The molecule has 1 aromatic rings. The second-order valence-corrected chi connectivity index (χ2v) is 6.49. The molecule has 3 atom stereocenters. The van der Waals surface area contributed by atoms with Crippen LogP contribution in [0.1, 0.15) is 18.9 Å². The van der Waals surface area contributed by atoms with Gasteiger partial charge in [0.1, 0.15) is 11.8 Å². The Balaban J connectivity index is 2.10. The van der Waals surface area contributed by atoms with Crippen molar-refractivity contribution in [1.29, 1.82) is 0 Å². The Morgan fingerprint density at radius 1 is 1.43 bits per heavy atom. The third-order valence-electron chi connectivity index (χ3n) is 3.90. The predicted molar refractivity (Wildman–Crippen MR) is 87.5 cm³/mol. The van der Waals surface area contributed by atoms with Crippen molar-refractivity contribution in [3.63, 3.8) is 0 Å². The number of carboxylic acids is 1. The summed E-state index contributed by atoms with van der Waals surface area (Å²) in [6.07, 6.45) is -0.761. The number of likely N-dealkylation sites (tertiary alicyclic amines) is 1. The first kappa shape index (κ1) is 17.7. The maximum atomic E-state index is 12.6. The predicted octanol–water partition coefficient (Wildman–Crippen LogP) is 2.23. The molecule has 1 heterocycles. The number of ether oxygens (including phenoxy) is 2. The summed E-state index contributed by atoms with van der Waals surface area (Å²) in [5.41, 5.74) is 1.07. The second-order valence-electron chi connectivity index (χ2n) is 5.63. The van der Waals surface area contributed by atoms with Gasteiger partial charge in [0.05, 0.1) is 10.6 Å². The molecule has 7 heteroatoms. The zero-order chi connectivity index (χ0) is 17.1. The van der Waals surface area contributed by atoms with Crippen molar-refractivity contribution in [2.75, 3.05) is 13.7 Å². The maximum Gasteiger partial charge on any atom is 0.326 e. The molecule has 0 spiro atoms. The van der Waals surface area contributed by atoms with Gasteiger partial charge in [0, 0.05) is 20.1 Å². The van der Waals surface area contributed by atoms with Crippen LogP contribution in [-0.2, 0) is 14.3 Å². The molecule has 0 radical (unpaired) electrons. The average molecular weight is 386 g/mol. The number of rotatable bonds is 5. The zero-order valence-corrected chi connectivity index (χ0v) is 14.9. The van der Waals surface area contributed by atoms with Gasteiger partial charge in [-0.05, 0) is 47.5 Å². The third kappa shape index (κ3) is 4.03. The highest BCUT2D eigenvalue weighted by Gasteiger charge is 2.41. The molecule has 1 saturated heterocycles. The Morgan fingerprint density at radius 2 is 2.13 bits per heavy atom. The van der Waals surface area contributed by atoms with E-state index in [0.717, 1.165) is 10.0 Å². The number of benzene rings is 1. The molecule has 1 aromatic carbocycles. The first-order valence-corrected chi connectivity index (χ1v) is 8.11. The number of carboxylic acid groups (broad SMARTS) is 1. The van der Waals surface area contributed by atoms with E-state index in [0.29, 0.717) is 12.2 Å². The van der Waals surface area contributed by atoms with E-state index in [2.05, 4.69) is 15.9 Å². The summed E-state index contributed by atoms with van der Waals surface area (Å²) in [4.78, 5) is 25.2. The molecule has 1 amide bonds. The average Bonchev–Trinajstić information content (AvgIpc) is 2.93. The van der Waals surface area contributed by atoms with Crippen molar-refractivity contribution in [3.05, 3.63) is 28.2 Å². The molecule has 0 aromatic heterocycles. The van der Waals surface area contributed by atoms with Crippen molar-refractivity contribution in [1.82, 2.24) is 4.90 Å². The Labute approximate surface area is 143 Å². The molecule has 0 saturated carbocycles. The number of hydrogen-bond acceptors (Lipinski definition) is 4. The summed E-state index contributed by atoms with van der Waals surface area (Å²) >= 11 is 3.40. The zero-order valence-electron chi connectivity index (χ0n) is 13.3. The van der Waals surface area contributed by atoms with Crippen molar-refractivity contribution >= 4 is 27.8 Å². The van der Waals surface area contributed by atoms with E-state index in [-0.39, 0.29) is 18.6 Å². The first-order chi connectivity index (χ1) is 10.8. The number of nitrogens with zero attached hydrogens (tertiary/aromatic N) is 1. The quantitative estimate of drug-likeness (QED) is 0.840. The Hall–Kier alpha value is -1.60. The summed E-state index contributed by atoms with van der Waals surface area (Å²) in [6, 6.07) is 4.68. The van der Waals surface area contributed by atoms with Crippen LogP contribution >= 0.6 is 15.9 Å². The van der Waals surface area contributed by atoms with Crippen LogP contribution in [0.2, 0.25) is 0 Å². The van der Waals surface area contributed by atoms with Crippen LogP contribution < -0.4 is 4.74 Å². The SMILES string of the molecule is COC1CC(C(=O)O)N(C(=O)C(C)Oc2ccc(C)cc2Br)C1. The molecule has 1 fully saturated rings. The number of aryl methyl sites for hydroxylation is 1. The second kappa shape index (κ2) is 7.31. The van der Waals surface area contributed by atoms with Crippen molar-refractivity contribution in [2.45, 2.75) is 38.5 Å². The molecule has 23 heavy (non-hydrogen) atoms. The van der Waals surface area contributed by atoms with E-state index >= 15 is 0 Å². The molecule has 1 aliphatic rings. The van der Waals surface area contributed by atoms with Gasteiger partial charge in [-0.1, -0.05) is 6.07 Å². The van der Waals surface area contributed by atoms with E-state index in [1.165, 1.54) is 12.0 Å². The highest BCUT2D eigenvalue weighted by molar-refractivity contribution is 9.10. The minimum Gasteiger partial charge on any atom is -0.480 e. The van der Waals surface area contributed by atoms with E-state index < -0.39 is 18.1 Å². The van der Waals surface area contributed by atoms with E-state index in [1.807, 2.05) is 19.1 Å². The molecule has 2 rings (SSSR count). The lowest BCUT2D eigenvalue weighted by Gasteiger charge is -2.25. The number of amides is 1. The van der Waals surface area contributed by atoms with Crippen LogP contribution in [0, 0.1) is 6.92 Å². The van der Waals surface area contributed by atoms with E-state index in [9.17, 15) is 14.7 Å². The smallest absolute Gasteiger partial charge is 0.326 e.